The Bertz CT molecular complexity index is 765. The van der Waals surface area contributed by atoms with Gasteiger partial charge in [-0.25, -0.2) is 4.79 Å². The number of esters is 1. The number of hydrogen-bond donors (Lipinski definition) is 2. The van der Waals surface area contributed by atoms with Crippen molar-refractivity contribution in [1.82, 2.24) is 0 Å². The minimum absolute atomic E-state index is 0.000580. The minimum atomic E-state index is -0.748. The highest BCUT2D eigenvalue weighted by atomic mass is 16.6. The van der Waals surface area contributed by atoms with Crippen molar-refractivity contribution in [2.75, 3.05) is 0 Å². The molecule has 1 saturated carbocycles. The maximum atomic E-state index is 12.7. The second-order valence-corrected chi connectivity index (χ2v) is 9.03. The van der Waals surface area contributed by atoms with E-state index in [0.717, 1.165) is 0 Å². The lowest BCUT2D eigenvalue weighted by Crippen LogP contribution is -2.39. The highest BCUT2D eigenvalue weighted by Gasteiger charge is 2.53. The predicted octanol–water partition coefficient (Wildman–Crippen LogP) is 2.51. The van der Waals surface area contributed by atoms with Crippen LogP contribution in [-0.4, -0.2) is 40.0 Å². The van der Waals surface area contributed by atoms with Crippen LogP contribution in [0.2, 0.25) is 0 Å². The number of aliphatic hydroxyl groups excluding tert-OH is 2. The average Bonchev–Trinajstić information content (AvgIpc) is 3.06. The zero-order chi connectivity index (χ0) is 20.2. The first kappa shape index (κ1) is 19.4. The zero-order valence-electron chi connectivity index (χ0n) is 16.3. The number of ketones is 2. The van der Waals surface area contributed by atoms with Crippen molar-refractivity contribution in [2.45, 2.75) is 58.2 Å². The Morgan fingerprint density at radius 1 is 1.21 bits per heavy atom. The second kappa shape index (κ2) is 7.14. The number of ether oxygens (including phenoxy) is 1. The summed E-state index contributed by atoms with van der Waals surface area (Å²) in [5.74, 6) is -1.52. The quantitative estimate of drug-likeness (QED) is 0.557. The van der Waals surface area contributed by atoms with Gasteiger partial charge in [-0.1, -0.05) is 19.1 Å². The SMILES string of the molecule is CC(=O)CC1C2=C(O)C(CCC(O)CC3C=CC4C(=O)C(C)CC4C31)OC2=O. The van der Waals surface area contributed by atoms with Crippen LogP contribution in [0.3, 0.4) is 0 Å². The zero-order valence-corrected chi connectivity index (χ0v) is 16.3. The summed E-state index contributed by atoms with van der Waals surface area (Å²) < 4.78 is 5.39. The van der Waals surface area contributed by atoms with Crippen molar-refractivity contribution >= 4 is 17.5 Å². The van der Waals surface area contributed by atoms with E-state index < -0.39 is 24.1 Å². The van der Waals surface area contributed by atoms with E-state index in [-0.39, 0.29) is 58.9 Å². The van der Waals surface area contributed by atoms with Gasteiger partial charge in [0, 0.05) is 24.2 Å². The molecule has 3 aliphatic carbocycles. The number of Topliss-reactive ketones (excluding diaryl/α,β-unsaturated/α-hetero) is 2. The first-order valence-corrected chi connectivity index (χ1v) is 10.3. The van der Waals surface area contributed by atoms with Crippen molar-refractivity contribution in [1.29, 1.82) is 0 Å². The van der Waals surface area contributed by atoms with Crippen LogP contribution in [0, 0.1) is 35.5 Å². The summed E-state index contributed by atoms with van der Waals surface area (Å²) in [7, 11) is 0. The highest BCUT2D eigenvalue weighted by Crippen LogP contribution is 2.52. The normalized spacial score (nSPS) is 42.8. The van der Waals surface area contributed by atoms with Crippen LogP contribution in [0.15, 0.2) is 23.5 Å². The third-order valence-corrected chi connectivity index (χ3v) is 7.15. The van der Waals surface area contributed by atoms with Crippen LogP contribution in [0.25, 0.3) is 0 Å². The van der Waals surface area contributed by atoms with Crippen molar-refractivity contribution in [3.63, 3.8) is 0 Å². The molecule has 4 aliphatic rings. The molecule has 2 N–H and O–H groups in total. The van der Waals surface area contributed by atoms with Crippen LogP contribution >= 0.6 is 0 Å². The third-order valence-electron chi connectivity index (χ3n) is 7.15. The predicted molar refractivity (Wildman–Crippen MR) is 100 cm³/mol. The van der Waals surface area contributed by atoms with Crippen LogP contribution in [0.4, 0.5) is 0 Å². The topological polar surface area (TPSA) is 101 Å². The molecule has 8 unspecified atom stereocenters. The molecule has 0 spiro atoms. The molecule has 0 aromatic heterocycles. The number of hydrogen-bond acceptors (Lipinski definition) is 6. The molecule has 1 fully saturated rings. The van der Waals surface area contributed by atoms with Crippen LogP contribution in [0.1, 0.15) is 46.0 Å². The fourth-order valence-electron chi connectivity index (χ4n) is 5.96. The van der Waals surface area contributed by atoms with Gasteiger partial charge in [0.25, 0.3) is 0 Å². The van der Waals surface area contributed by atoms with Gasteiger partial charge in [-0.05, 0) is 50.4 Å². The summed E-state index contributed by atoms with van der Waals surface area (Å²) in [6.45, 7) is 3.41. The van der Waals surface area contributed by atoms with E-state index in [9.17, 15) is 24.6 Å². The van der Waals surface area contributed by atoms with Gasteiger partial charge in [-0.15, -0.1) is 0 Å². The average molecular weight is 388 g/mol. The molecule has 4 rings (SSSR count). The van der Waals surface area contributed by atoms with Crippen LogP contribution in [-0.2, 0) is 19.1 Å². The molecule has 152 valence electrons. The van der Waals surface area contributed by atoms with Gasteiger partial charge in [-0.3, -0.25) is 4.79 Å². The van der Waals surface area contributed by atoms with E-state index in [1.54, 1.807) is 0 Å². The number of carbonyl (C=O) groups is 3. The molecule has 28 heavy (non-hydrogen) atoms. The Kier molecular flexibility index (Phi) is 4.94. The summed E-state index contributed by atoms with van der Waals surface area (Å²) in [5, 5.41) is 21.3. The van der Waals surface area contributed by atoms with Gasteiger partial charge in [0.05, 0.1) is 11.7 Å². The maximum absolute atomic E-state index is 12.7. The Balaban J connectivity index is 1.84. The van der Waals surface area contributed by atoms with Gasteiger partial charge < -0.3 is 19.7 Å². The van der Waals surface area contributed by atoms with Crippen molar-refractivity contribution < 1.29 is 29.3 Å². The van der Waals surface area contributed by atoms with Crippen molar-refractivity contribution in [3.05, 3.63) is 23.5 Å². The Hall–Kier alpha value is -1.95. The summed E-state index contributed by atoms with van der Waals surface area (Å²) in [6, 6.07) is 0. The monoisotopic (exact) mass is 388 g/mol. The minimum Gasteiger partial charge on any atom is -0.508 e. The molecule has 1 aliphatic heterocycles. The van der Waals surface area contributed by atoms with Gasteiger partial charge in [0.2, 0.25) is 0 Å². The van der Waals surface area contributed by atoms with Gasteiger partial charge in [-0.2, -0.15) is 0 Å². The largest absolute Gasteiger partial charge is 0.508 e. The fourth-order valence-corrected chi connectivity index (χ4v) is 5.96. The molecule has 0 amide bonds. The van der Waals surface area contributed by atoms with Gasteiger partial charge >= 0.3 is 5.97 Å². The smallest absolute Gasteiger partial charge is 0.338 e. The van der Waals surface area contributed by atoms with Crippen molar-refractivity contribution in [3.8, 4) is 0 Å². The highest BCUT2D eigenvalue weighted by molar-refractivity contribution is 5.93. The number of fused-ring (bicyclic) bond motifs is 4. The molecule has 0 aromatic rings. The first-order valence-electron chi connectivity index (χ1n) is 10.3. The Labute approximate surface area is 164 Å². The first-order chi connectivity index (χ1) is 13.3. The van der Waals surface area contributed by atoms with E-state index >= 15 is 0 Å². The van der Waals surface area contributed by atoms with Gasteiger partial charge in [0.1, 0.15) is 17.3 Å². The lowest BCUT2D eigenvalue weighted by Gasteiger charge is -2.41. The maximum Gasteiger partial charge on any atom is 0.338 e. The molecule has 8 atom stereocenters. The Morgan fingerprint density at radius 3 is 2.68 bits per heavy atom. The standard InChI is InChI=1S/C22H28O6/c1-10-7-15-14(20(10)25)5-3-12-9-13(24)4-6-17-21(26)19(22(27)28-17)16(18(12)15)8-11(2)23/h3,5,10,12-18,24,26H,4,6-9H2,1-2H3. The summed E-state index contributed by atoms with van der Waals surface area (Å²) in [5.41, 5.74) is 0.215. The van der Waals surface area contributed by atoms with Crippen LogP contribution in [0.5, 0.6) is 0 Å². The molecular formula is C22H28O6. The number of carbonyl (C=O) groups excluding carboxylic acids is 3. The molecular weight excluding hydrogens is 360 g/mol. The van der Waals surface area contributed by atoms with E-state index in [2.05, 4.69) is 0 Å². The van der Waals surface area contributed by atoms with E-state index in [1.807, 2.05) is 19.1 Å². The molecule has 0 aromatic carbocycles. The molecule has 1 heterocycles. The molecule has 2 bridgehead atoms. The summed E-state index contributed by atoms with van der Waals surface area (Å²) >= 11 is 0. The summed E-state index contributed by atoms with van der Waals surface area (Å²) in [6.07, 6.45) is 4.75. The number of aliphatic hydroxyl groups is 2. The third kappa shape index (κ3) is 3.11. The summed E-state index contributed by atoms with van der Waals surface area (Å²) in [4.78, 5) is 37.4. The molecule has 6 nitrogen and oxygen atoms in total. The van der Waals surface area contributed by atoms with E-state index in [1.165, 1.54) is 6.92 Å². The Morgan fingerprint density at radius 2 is 1.96 bits per heavy atom. The molecule has 6 heteroatoms. The van der Waals surface area contributed by atoms with Crippen LogP contribution < -0.4 is 0 Å². The van der Waals surface area contributed by atoms with Gasteiger partial charge in [0.15, 0.2) is 6.10 Å². The van der Waals surface area contributed by atoms with E-state index in [0.29, 0.717) is 25.7 Å². The lowest BCUT2D eigenvalue weighted by molar-refractivity contribution is -0.141. The van der Waals surface area contributed by atoms with E-state index in [4.69, 9.17) is 4.74 Å². The van der Waals surface area contributed by atoms with Crippen molar-refractivity contribution in [2.24, 2.45) is 35.5 Å². The molecule has 0 saturated heterocycles. The lowest BCUT2D eigenvalue weighted by atomic mass is 9.61. The fraction of sp³-hybridized carbons (Fsp3) is 0.682. The number of rotatable bonds is 2. The number of allylic oxidation sites excluding steroid dienone is 2. The second-order valence-electron chi connectivity index (χ2n) is 9.03. The molecule has 0 radical (unpaired) electrons.